The van der Waals surface area contributed by atoms with Gasteiger partial charge in [-0.2, -0.15) is 0 Å². The average Bonchev–Trinajstić information content (AvgIpc) is 3.24. The van der Waals surface area contributed by atoms with Gasteiger partial charge in [-0.15, -0.1) is 0 Å². The summed E-state index contributed by atoms with van der Waals surface area (Å²) in [6.07, 6.45) is 2.80. The molecule has 0 unspecified atom stereocenters. The van der Waals surface area contributed by atoms with Crippen LogP contribution < -0.4 is 15.5 Å². The molecule has 0 spiro atoms. The van der Waals surface area contributed by atoms with Gasteiger partial charge < -0.3 is 20.0 Å². The Morgan fingerprint density at radius 3 is 2.55 bits per heavy atom. The zero-order chi connectivity index (χ0) is 22.3. The lowest BCUT2D eigenvalue weighted by Crippen LogP contribution is -2.47. The molecule has 1 aromatic heterocycles. The summed E-state index contributed by atoms with van der Waals surface area (Å²) >= 11 is 0. The number of nitrogens with zero attached hydrogens (tertiary/aromatic N) is 4. The van der Waals surface area contributed by atoms with Crippen LogP contribution in [0.25, 0.3) is 0 Å². The fourth-order valence-electron chi connectivity index (χ4n) is 3.55. The van der Waals surface area contributed by atoms with E-state index >= 15 is 0 Å². The Bertz CT molecular complexity index is 852. The average molecular weight is 431 g/mol. The summed E-state index contributed by atoms with van der Waals surface area (Å²) in [6, 6.07) is 7.01. The zero-order valence-corrected chi connectivity index (χ0v) is 19.1. The van der Waals surface area contributed by atoms with E-state index < -0.39 is 0 Å². The highest BCUT2D eigenvalue weighted by Gasteiger charge is 2.20. The van der Waals surface area contributed by atoms with E-state index in [9.17, 15) is 4.39 Å². The second kappa shape index (κ2) is 10.6. The van der Waals surface area contributed by atoms with Crippen LogP contribution in [0.3, 0.4) is 0 Å². The van der Waals surface area contributed by atoms with Crippen molar-refractivity contribution in [1.82, 2.24) is 20.5 Å². The molecule has 1 aliphatic heterocycles. The third-order valence-corrected chi connectivity index (χ3v) is 5.43. The van der Waals surface area contributed by atoms with Crippen LogP contribution >= 0.6 is 0 Å². The molecular formula is C23H35FN6O. The van der Waals surface area contributed by atoms with Crippen molar-refractivity contribution in [2.24, 2.45) is 4.99 Å². The highest BCUT2D eigenvalue weighted by Crippen LogP contribution is 2.22. The second-order valence-electron chi connectivity index (χ2n) is 8.85. The first-order valence-corrected chi connectivity index (χ1v) is 11.0. The van der Waals surface area contributed by atoms with Crippen LogP contribution in [0.1, 0.15) is 38.8 Å². The minimum atomic E-state index is -0.140. The van der Waals surface area contributed by atoms with E-state index in [0.717, 1.165) is 57.4 Å². The molecule has 0 aliphatic carbocycles. The number of aromatic nitrogens is 1. The number of halogens is 1. The maximum absolute atomic E-state index is 14.0. The van der Waals surface area contributed by atoms with Gasteiger partial charge in [0.25, 0.3) is 0 Å². The minimum Gasteiger partial charge on any atom is -0.443 e. The van der Waals surface area contributed by atoms with Gasteiger partial charge in [0.2, 0.25) is 5.89 Å². The number of piperazine rings is 1. The molecule has 2 N–H and O–H groups in total. The van der Waals surface area contributed by atoms with Gasteiger partial charge in [-0.05, 0) is 25.1 Å². The van der Waals surface area contributed by atoms with Gasteiger partial charge in [-0.1, -0.05) is 32.9 Å². The van der Waals surface area contributed by atoms with Crippen molar-refractivity contribution < 1.29 is 8.81 Å². The molecule has 0 bridgehead atoms. The van der Waals surface area contributed by atoms with Crippen molar-refractivity contribution in [3.8, 4) is 0 Å². The van der Waals surface area contributed by atoms with E-state index in [1.165, 1.54) is 6.07 Å². The van der Waals surface area contributed by atoms with Crippen LogP contribution in [0.2, 0.25) is 0 Å². The lowest BCUT2D eigenvalue weighted by molar-refractivity contribution is 0.254. The SMILES string of the molecule is CN=C(NCCCN1CCN(c2ccccc2F)CC1)NCc1ncc(C(C)(C)C)o1. The Labute approximate surface area is 184 Å². The molecule has 2 heterocycles. The van der Waals surface area contributed by atoms with Crippen LogP contribution in [0.5, 0.6) is 0 Å². The number of aliphatic imine (C=N–C) groups is 1. The molecule has 0 amide bonds. The van der Waals surface area contributed by atoms with Crippen LogP contribution in [0, 0.1) is 5.82 Å². The zero-order valence-electron chi connectivity index (χ0n) is 19.1. The molecule has 1 fully saturated rings. The lowest BCUT2D eigenvalue weighted by Gasteiger charge is -2.36. The molecule has 3 rings (SSSR count). The number of rotatable bonds is 7. The Balaban J connectivity index is 1.33. The second-order valence-corrected chi connectivity index (χ2v) is 8.85. The van der Waals surface area contributed by atoms with Crippen LogP contribution in [-0.4, -0.2) is 62.2 Å². The van der Waals surface area contributed by atoms with E-state index in [0.29, 0.717) is 18.1 Å². The summed E-state index contributed by atoms with van der Waals surface area (Å²) in [5.74, 6) is 2.13. The largest absolute Gasteiger partial charge is 0.443 e. The summed E-state index contributed by atoms with van der Waals surface area (Å²) < 4.78 is 19.8. The molecule has 170 valence electrons. The molecule has 0 radical (unpaired) electrons. The normalized spacial score (nSPS) is 15.9. The van der Waals surface area contributed by atoms with Crippen LogP contribution in [-0.2, 0) is 12.0 Å². The third-order valence-electron chi connectivity index (χ3n) is 5.43. The fourth-order valence-corrected chi connectivity index (χ4v) is 3.55. The highest BCUT2D eigenvalue weighted by molar-refractivity contribution is 5.79. The van der Waals surface area contributed by atoms with E-state index in [1.807, 2.05) is 12.1 Å². The van der Waals surface area contributed by atoms with Gasteiger partial charge in [0.15, 0.2) is 5.96 Å². The van der Waals surface area contributed by atoms with E-state index in [1.54, 1.807) is 19.3 Å². The molecule has 1 aliphatic rings. The number of hydrogen-bond acceptors (Lipinski definition) is 5. The first-order chi connectivity index (χ1) is 14.9. The Morgan fingerprint density at radius 1 is 1.16 bits per heavy atom. The Kier molecular flexibility index (Phi) is 7.90. The molecule has 0 atom stereocenters. The number of nitrogens with one attached hydrogen (secondary N) is 2. The third kappa shape index (κ3) is 6.69. The summed E-state index contributed by atoms with van der Waals surface area (Å²) in [7, 11) is 1.76. The summed E-state index contributed by atoms with van der Waals surface area (Å²) in [5, 5.41) is 6.59. The van der Waals surface area contributed by atoms with Gasteiger partial charge in [-0.3, -0.25) is 9.89 Å². The predicted octanol–water partition coefficient (Wildman–Crippen LogP) is 2.99. The molecule has 0 saturated carbocycles. The molecule has 1 aromatic carbocycles. The molecule has 2 aromatic rings. The van der Waals surface area contributed by atoms with Crippen molar-refractivity contribution in [2.75, 3.05) is 51.2 Å². The predicted molar refractivity (Wildman–Crippen MR) is 123 cm³/mol. The van der Waals surface area contributed by atoms with Crippen LogP contribution in [0.4, 0.5) is 10.1 Å². The topological polar surface area (TPSA) is 68.9 Å². The van der Waals surface area contributed by atoms with Crippen molar-refractivity contribution in [1.29, 1.82) is 0 Å². The summed E-state index contributed by atoms with van der Waals surface area (Å²) in [4.78, 5) is 13.2. The van der Waals surface area contributed by atoms with Crippen molar-refractivity contribution in [3.05, 3.63) is 47.9 Å². The molecule has 31 heavy (non-hydrogen) atoms. The monoisotopic (exact) mass is 430 g/mol. The summed E-state index contributed by atoms with van der Waals surface area (Å²) in [6.45, 7) is 12.2. The lowest BCUT2D eigenvalue weighted by atomic mass is 9.94. The van der Waals surface area contributed by atoms with E-state index in [2.05, 4.69) is 51.2 Å². The smallest absolute Gasteiger partial charge is 0.213 e. The molecule has 1 saturated heterocycles. The number of oxazole rings is 1. The fraction of sp³-hybridized carbons (Fsp3) is 0.565. The number of anilines is 1. The standard InChI is InChI=1S/C23H35FN6O/c1-23(2,3)20-16-27-21(31-20)17-28-22(25-4)26-10-7-11-29-12-14-30(15-13-29)19-9-6-5-8-18(19)24/h5-6,8-9,16H,7,10-15,17H2,1-4H3,(H2,25,26,28). The number of benzene rings is 1. The Morgan fingerprint density at radius 2 is 1.90 bits per heavy atom. The van der Waals surface area contributed by atoms with Crippen LogP contribution in [0.15, 0.2) is 39.9 Å². The number of hydrogen-bond donors (Lipinski definition) is 2. The van der Waals surface area contributed by atoms with Gasteiger partial charge in [0.05, 0.1) is 18.4 Å². The first kappa shape index (κ1) is 23.1. The van der Waals surface area contributed by atoms with E-state index in [4.69, 9.17) is 4.42 Å². The van der Waals surface area contributed by atoms with Gasteiger partial charge in [-0.25, -0.2) is 9.37 Å². The number of para-hydroxylation sites is 1. The van der Waals surface area contributed by atoms with Crippen molar-refractivity contribution in [3.63, 3.8) is 0 Å². The maximum Gasteiger partial charge on any atom is 0.213 e. The molecule has 7 nitrogen and oxygen atoms in total. The quantitative estimate of drug-likeness (QED) is 0.400. The minimum absolute atomic E-state index is 0.0497. The maximum atomic E-state index is 14.0. The highest BCUT2D eigenvalue weighted by atomic mass is 19.1. The molecule has 8 heteroatoms. The van der Waals surface area contributed by atoms with E-state index in [-0.39, 0.29) is 11.2 Å². The van der Waals surface area contributed by atoms with Crippen molar-refractivity contribution in [2.45, 2.75) is 39.2 Å². The van der Waals surface area contributed by atoms with Gasteiger partial charge >= 0.3 is 0 Å². The molecular weight excluding hydrogens is 395 g/mol. The van der Waals surface area contributed by atoms with Crippen molar-refractivity contribution >= 4 is 11.6 Å². The van der Waals surface area contributed by atoms with Gasteiger partial charge in [0.1, 0.15) is 11.6 Å². The Hall–Kier alpha value is -2.61. The summed E-state index contributed by atoms with van der Waals surface area (Å²) in [5.41, 5.74) is 0.658. The first-order valence-electron chi connectivity index (χ1n) is 11.0. The van der Waals surface area contributed by atoms with Gasteiger partial charge in [0, 0.05) is 45.2 Å². The number of guanidine groups is 1.